The van der Waals surface area contributed by atoms with Gasteiger partial charge in [-0.15, -0.1) is 9.24 Å². The Morgan fingerprint density at radius 3 is 2.62 bits per heavy atom. The average molecular weight is 135 g/mol. The monoisotopic (exact) mass is 135 g/mol. The summed E-state index contributed by atoms with van der Waals surface area (Å²) in [5.74, 6) is -0.454. The second kappa shape index (κ2) is 3.81. The molecule has 8 heavy (non-hydrogen) atoms. The minimum atomic E-state index is -0.333. The van der Waals surface area contributed by atoms with Gasteiger partial charge < -0.3 is 0 Å². The molecule has 2 atom stereocenters. The molecule has 0 radical (unpaired) electrons. The van der Waals surface area contributed by atoms with Gasteiger partial charge in [-0.25, -0.2) is 5.48 Å². The van der Waals surface area contributed by atoms with Crippen LogP contribution in [0.15, 0.2) is 0 Å². The molecule has 0 spiro atoms. The third-order valence-electron chi connectivity index (χ3n) is 0.911. The lowest BCUT2D eigenvalue weighted by Crippen LogP contribution is -2.26. The summed E-state index contributed by atoms with van der Waals surface area (Å²) in [5, 5.41) is 8.03. The van der Waals surface area contributed by atoms with Gasteiger partial charge in [-0.3, -0.25) is 10.0 Å². The van der Waals surface area contributed by atoms with Crippen LogP contribution in [0.25, 0.3) is 0 Å². The van der Waals surface area contributed by atoms with Gasteiger partial charge in [0, 0.05) is 5.92 Å². The van der Waals surface area contributed by atoms with Crippen molar-refractivity contribution in [2.45, 2.75) is 6.92 Å². The van der Waals surface area contributed by atoms with Crippen molar-refractivity contribution < 1.29 is 10.0 Å². The number of carbonyl (C=O) groups is 1. The molecule has 4 heteroatoms. The number of rotatable bonds is 2. The van der Waals surface area contributed by atoms with E-state index in [1.807, 2.05) is 0 Å². The second-order valence-electron chi connectivity index (χ2n) is 1.61. The van der Waals surface area contributed by atoms with Gasteiger partial charge in [0.05, 0.1) is 0 Å². The van der Waals surface area contributed by atoms with Crippen LogP contribution in [0.2, 0.25) is 0 Å². The Labute approximate surface area is 50.6 Å². The third-order valence-corrected chi connectivity index (χ3v) is 1.62. The molecule has 0 rings (SSSR count). The molecule has 0 aromatic heterocycles. The Balaban J connectivity index is 3.46. The third kappa shape index (κ3) is 2.24. The highest BCUT2D eigenvalue weighted by Crippen LogP contribution is 1.97. The minimum Gasteiger partial charge on any atom is -0.289 e. The standard InChI is InChI=1S/C4H10NO2P/c1-3(2-8)4(6)5-7/h3,7H,2,8H2,1H3,(H,5,6). The first-order chi connectivity index (χ1) is 3.72. The van der Waals surface area contributed by atoms with Crippen LogP contribution in [-0.2, 0) is 4.79 Å². The van der Waals surface area contributed by atoms with Gasteiger partial charge in [0.15, 0.2) is 0 Å². The largest absolute Gasteiger partial charge is 0.289 e. The highest BCUT2D eigenvalue weighted by atomic mass is 31.0. The number of carbonyl (C=O) groups excluding carboxylic acids is 1. The molecule has 2 N–H and O–H groups in total. The van der Waals surface area contributed by atoms with E-state index in [1.165, 1.54) is 0 Å². The average Bonchev–Trinajstić information content (AvgIpc) is 1.84. The Kier molecular flexibility index (Phi) is 3.75. The molecular weight excluding hydrogens is 125 g/mol. The Morgan fingerprint density at radius 1 is 2.00 bits per heavy atom. The van der Waals surface area contributed by atoms with Crippen molar-refractivity contribution in [1.29, 1.82) is 0 Å². The van der Waals surface area contributed by atoms with Gasteiger partial charge >= 0.3 is 0 Å². The molecule has 3 nitrogen and oxygen atoms in total. The van der Waals surface area contributed by atoms with Crippen LogP contribution >= 0.6 is 9.24 Å². The summed E-state index contributed by atoms with van der Waals surface area (Å²) in [6.45, 7) is 1.73. The van der Waals surface area contributed by atoms with Crippen molar-refractivity contribution in [2.24, 2.45) is 5.92 Å². The van der Waals surface area contributed by atoms with Crippen molar-refractivity contribution >= 4 is 15.1 Å². The van der Waals surface area contributed by atoms with E-state index in [4.69, 9.17) is 5.21 Å². The molecule has 0 heterocycles. The van der Waals surface area contributed by atoms with Crippen LogP contribution in [0.4, 0.5) is 0 Å². The second-order valence-corrected chi connectivity index (χ2v) is 2.08. The lowest BCUT2D eigenvalue weighted by Gasteiger charge is -2.02. The number of hydroxylamine groups is 1. The zero-order valence-corrected chi connectivity index (χ0v) is 5.87. The molecule has 0 aliphatic rings. The van der Waals surface area contributed by atoms with Crippen molar-refractivity contribution in [1.82, 2.24) is 5.48 Å². The molecule has 0 aliphatic heterocycles. The van der Waals surface area contributed by atoms with Crippen molar-refractivity contribution in [3.63, 3.8) is 0 Å². The highest BCUT2D eigenvalue weighted by Gasteiger charge is 2.07. The van der Waals surface area contributed by atoms with Crippen molar-refractivity contribution in [2.75, 3.05) is 6.16 Å². The molecule has 0 aromatic rings. The molecule has 1 amide bonds. The van der Waals surface area contributed by atoms with Crippen LogP contribution in [0.5, 0.6) is 0 Å². The summed E-state index contributed by atoms with van der Waals surface area (Å²) >= 11 is 0. The molecule has 0 saturated carbocycles. The normalized spacial score (nSPS) is 12.9. The smallest absolute Gasteiger partial charge is 0.246 e. The molecule has 0 aliphatic carbocycles. The molecule has 0 aromatic carbocycles. The van der Waals surface area contributed by atoms with Gasteiger partial charge in [0.2, 0.25) is 5.91 Å². The number of hydrogen-bond donors (Lipinski definition) is 2. The van der Waals surface area contributed by atoms with E-state index in [2.05, 4.69) is 9.24 Å². The fourth-order valence-electron chi connectivity index (χ4n) is 0.217. The van der Waals surface area contributed by atoms with E-state index in [1.54, 1.807) is 12.4 Å². The van der Waals surface area contributed by atoms with Crippen LogP contribution in [0.3, 0.4) is 0 Å². The topological polar surface area (TPSA) is 49.3 Å². The van der Waals surface area contributed by atoms with Crippen molar-refractivity contribution in [3.8, 4) is 0 Å². The number of hydrogen-bond acceptors (Lipinski definition) is 2. The summed E-state index contributed by atoms with van der Waals surface area (Å²) < 4.78 is 0. The van der Waals surface area contributed by atoms with E-state index < -0.39 is 0 Å². The summed E-state index contributed by atoms with van der Waals surface area (Å²) in [4.78, 5) is 10.4. The fourth-order valence-corrected chi connectivity index (χ4v) is 0.431. The Bertz CT molecular complexity index is 86.1. The zero-order valence-electron chi connectivity index (χ0n) is 4.72. The van der Waals surface area contributed by atoms with E-state index in [0.717, 1.165) is 0 Å². The predicted octanol–water partition coefficient (Wildman–Crippen LogP) is 0.00300. The maximum Gasteiger partial charge on any atom is 0.246 e. The maximum atomic E-state index is 10.4. The SMILES string of the molecule is CC(CP)C(=O)NO. The van der Waals surface area contributed by atoms with Gasteiger partial charge in [0.1, 0.15) is 0 Å². The fraction of sp³-hybridized carbons (Fsp3) is 0.750. The first-order valence-electron chi connectivity index (χ1n) is 2.36. The Hall–Kier alpha value is -0.140. The molecule has 48 valence electrons. The van der Waals surface area contributed by atoms with Crippen LogP contribution in [0, 0.1) is 5.92 Å². The predicted molar refractivity (Wildman–Crippen MR) is 33.7 cm³/mol. The molecular formula is C4H10NO2P. The minimum absolute atomic E-state index is 0.120. The molecule has 2 unspecified atom stereocenters. The van der Waals surface area contributed by atoms with Gasteiger partial charge in [-0.2, -0.15) is 0 Å². The zero-order chi connectivity index (χ0) is 6.57. The van der Waals surface area contributed by atoms with Gasteiger partial charge in [-0.1, -0.05) is 6.92 Å². The summed E-state index contributed by atoms with van der Waals surface area (Å²) in [6.07, 6.45) is 0.673. The van der Waals surface area contributed by atoms with Crippen LogP contribution in [-0.4, -0.2) is 17.3 Å². The van der Waals surface area contributed by atoms with E-state index in [-0.39, 0.29) is 11.8 Å². The number of nitrogens with one attached hydrogen (secondary N) is 1. The molecule has 0 saturated heterocycles. The van der Waals surface area contributed by atoms with Crippen molar-refractivity contribution in [3.05, 3.63) is 0 Å². The quantitative estimate of drug-likeness (QED) is 0.318. The highest BCUT2D eigenvalue weighted by molar-refractivity contribution is 7.16. The summed E-state index contributed by atoms with van der Waals surface area (Å²) in [5.41, 5.74) is 1.56. The van der Waals surface area contributed by atoms with Gasteiger partial charge in [0.25, 0.3) is 0 Å². The Morgan fingerprint density at radius 2 is 2.50 bits per heavy atom. The van der Waals surface area contributed by atoms with Crippen LogP contribution < -0.4 is 5.48 Å². The van der Waals surface area contributed by atoms with Crippen LogP contribution in [0.1, 0.15) is 6.92 Å². The maximum absolute atomic E-state index is 10.4. The first kappa shape index (κ1) is 7.86. The van der Waals surface area contributed by atoms with E-state index in [9.17, 15) is 4.79 Å². The van der Waals surface area contributed by atoms with E-state index >= 15 is 0 Å². The number of amides is 1. The molecule has 0 fully saturated rings. The summed E-state index contributed by atoms with van der Waals surface area (Å²) in [6, 6.07) is 0. The first-order valence-corrected chi connectivity index (χ1v) is 3.18. The lowest BCUT2D eigenvalue weighted by atomic mass is 10.2. The van der Waals surface area contributed by atoms with Gasteiger partial charge in [-0.05, 0) is 6.16 Å². The summed E-state index contributed by atoms with van der Waals surface area (Å²) in [7, 11) is 2.42. The molecule has 0 bridgehead atoms. The van der Waals surface area contributed by atoms with E-state index in [0.29, 0.717) is 6.16 Å². The lowest BCUT2D eigenvalue weighted by molar-refractivity contribution is -0.132.